The van der Waals surface area contributed by atoms with Crippen molar-refractivity contribution in [3.63, 3.8) is 0 Å². The van der Waals surface area contributed by atoms with E-state index in [9.17, 15) is 0 Å². The first-order valence-electron chi connectivity index (χ1n) is 4.76. The lowest BCUT2D eigenvalue weighted by Crippen LogP contribution is -2.31. The lowest BCUT2D eigenvalue weighted by molar-refractivity contribution is 0.0925. The van der Waals surface area contributed by atoms with Crippen molar-refractivity contribution in [2.24, 2.45) is 5.92 Å². The highest BCUT2D eigenvalue weighted by atomic mass is 16.5. The Labute approximate surface area is 74.1 Å². The molecule has 1 aliphatic carbocycles. The molecule has 72 valence electrons. The Hall–Kier alpha value is -0.120. The summed E-state index contributed by atoms with van der Waals surface area (Å²) in [5.41, 5.74) is 0. The number of aliphatic hydroxyl groups excluding tert-OH is 1. The second-order valence-electron chi connectivity index (χ2n) is 3.42. The zero-order valence-electron chi connectivity index (χ0n) is 7.75. The second-order valence-corrected chi connectivity index (χ2v) is 3.42. The molecule has 12 heavy (non-hydrogen) atoms. The molecule has 0 aromatic heterocycles. The molecular weight excluding hydrogens is 154 g/mol. The van der Waals surface area contributed by atoms with Crippen LogP contribution in [-0.2, 0) is 4.74 Å². The molecule has 0 bridgehead atoms. The number of hydrogen-bond acceptors (Lipinski definition) is 3. The van der Waals surface area contributed by atoms with E-state index in [-0.39, 0.29) is 6.61 Å². The van der Waals surface area contributed by atoms with Crippen molar-refractivity contribution in [2.75, 3.05) is 26.4 Å². The monoisotopic (exact) mass is 173 g/mol. The normalized spacial score (nSPS) is 19.5. The maximum atomic E-state index is 8.43. The highest BCUT2D eigenvalue weighted by Gasteiger charge is 2.26. The number of rotatable bonds is 7. The van der Waals surface area contributed by atoms with Gasteiger partial charge in [0.25, 0.3) is 0 Å². The molecule has 0 spiro atoms. The van der Waals surface area contributed by atoms with Gasteiger partial charge in [-0.15, -0.1) is 0 Å². The Balaban J connectivity index is 1.81. The van der Waals surface area contributed by atoms with E-state index >= 15 is 0 Å². The van der Waals surface area contributed by atoms with E-state index in [1.807, 2.05) is 0 Å². The Kier molecular flexibility index (Phi) is 4.58. The van der Waals surface area contributed by atoms with E-state index in [4.69, 9.17) is 9.84 Å². The molecule has 1 rings (SSSR count). The third-order valence-corrected chi connectivity index (χ3v) is 2.28. The minimum absolute atomic E-state index is 0.123. The molecule has 3 nitrogen and oxygen atoms in total. The van der Waals surface area contributed by atoms with E-state index < -0.39 is 0 Å². The fourth-order valence-corrected chi connectivity index (χ4v) is 1.29. The van der Waals surface area contributed by atoms with E-state index in [2.05, 4.69) is 12.2 Å². The van der Waals surface area contributed by atoms with Crippen molar-refractivity contribution in [1.82, 2.24) is 5.32 Å². The molecule has 0 amide bonds. The van der Waals surface area contributed by atoms with Gasteiger partial charge >= 0.3 is 0 Å². The van der Waals surface area contributed by atoms with Gasteiger partial charge in [0.2, 0.25) is 0 Å². The van der Waals surface area contributed by atoms with Crippen LogP contribution in [0.5, 0.6) is 0 Å². The third kappa shape index (κ3) is 4.04. The van der Waals surface area contributed by atoms with E-state index in [1.165, 1.54) is 12.8 Å². The molecule has 0 aliphatic heterocycles. The summed E-state index contributed by atoms with van der Waals surface area (Å²) in [5.74, 6) is 0.905. The fraction of sp³-hybridized carbons (Fsp3) is 1.00. The van der Waals surface area contributed by atoms with Crippen LogP contribution in [0.2, 0.25) is 0 Å². The van der Waals surface area contributed by atoms with Gasteiger partial charge in [-0.1, -0.05) is 0 Å². The van der Waals surface area contributed by atoms with Crippen LogP contribution in [0.4, 0.5) is 0 Å². The summed E-state index contributed by atoms with van der Waals surface area (Å²) in [7, 11) is 0. The average molecular weight is 173 g/mol. The van der Waals surface area contributed by atoms with Gasteiger partial charge < -0.3 is 15.2 Å². The summed E-state index contributed by atoms with van der Waals surface area (Å²) in [5, 5.41) is 11.8. The molecule has 3 heteroatoms. The Morgan fingerprint density at radius 1 is 1.50 bits per heavy atom. The van der Waals surface area contributed by atoms with Gasteiger partial charge in [0.15, 0.2) is 0 Å². The maximum Gasteiger partial charge on any atom is 0.0698 e. The third-order valence-electron chi connectivity index (χ3n) is 2.28. The molecular formula is C9H19NO2. The van der Waals surface area contributed by atoms with Gasteiger partial charge in [-0.05, 0) is 25.7 Å². The minimum Gasteiger partial charge on any atom is -0.394 e. The average Bonchev–Trinajstić information content (AvgIpc) is 2.86. The fourth-order valence-electron chi connectivity index (χ4n) is 1.29. The molecule has 1 saturated carbocycles. The number of nitrogens with one attached hydrogen (secondary N) is 1. The highest BCUT2D eigenvalue weighted by Crippen LogP contribution is 2.32. The van der Waals surface area contributed by atoms with Crippen LogP contribution in [0, 0.1) is 5.92 Å². The van der Waals surface area contributed by atoms with Crippen LogP contribution in [0.25, 0.3) is 0 Å². The minimum atomic E-state index is 0.123. The summed E-state index contributed by atoms with van der Waals surface area (Å²) >= 11 is 0. The first-order valence-corrected chi connectivity index (χ1v) is 4.76. The van der Waals surface area contributed by atoms with E-state index in [0.717, 1.165) is 12.5 Å². The predicted octanol–water partition coefficient (Wildman–Crippen LogP) is 0.383. The van der Waals surface area contributed by atoms with E-state index in [1.54, 1.807) is 0 Å². The first-order chi connectivity index (χ1) is 5.84. The largest absolute Gasteiger partial charge is 0.394 e. The molecule has 1 aliphatic rings. The Bertz CT molecular complexity index is 115. The van der Waals surface area contributed by atoms with Crippen molar-refractivity contribution >= 4 is 0 Å². The van der Waals surface area contributed by atoms with Crippen LogP contribution in [0.1, 0.15) is 19.8 Å². The van der Waals surface area contributed by atoms with Gasteiger partial charge in [-0.2, -0.15) is 0 Å². The zero-order chi connectivity index (χ0) is 8.81. The number of aliphatic hydroxyl groups is 1. The van der Waals surface area contributed by atoms with Gasteiger partial charge in [0.1, 0.15) is 0 Å². The quantitative estimate of drug-likeness (QED) is 0.547. The molecule has 1 atom stereocenters. The van der Waals surface area contributed by atoms with Crippen LogP contribution >= 0.6 is 0 Å². The number of ether oxygens (including phenoxy) is 1. The molecule has 0 heterocycles. The first kappa shape index (κ1) is 9.96. The number of hydrogen-bond donors (Lipinski definition) is 2. The molecule has 0 saturated heterocycles. The van der Waals surface area contributed by atoms with Crippen molar-refractivity contribution in [3.8, 4) is 0 Å². The molecule has 1 fully saturated rings. The molecule has 0 aromatic rings. The SMILES string of the molecule is CC(NCCOCCO)C1CC1. The van der Waals surface area contributed by atoms with Gasteiger partial charge in [0, 0.05) is 12.6 Å². The molecule has 1 unspecified atom stereocenters. The van der Waals surface area contributed by atoms with Gasteiger partial charge in [0.05, 0.1) is 19.8 Å². The summed E-state index contributed by atoms with van der Waals surface area (Å²) in [6.07, 6.45) is 2.76. The topological polar surface area (TPSA) is 41.5 Å². The molecule has 2 N–H and O–H groups in total. The standard InChI is InChI=1S/C9H19NO2/c1-8(9-2-3-9)10-4-6-12-7-5-11/h8-11H,2-7H2,1H3. The maximum absolute atomic E-state index is 8.43. The molecule has 0 aromatic carbocycles. The summed E-state index contributed by atoms with van der Waals surface area (Å²) in [6.45, 7) is 4.41. The van der Waals surface area contributed by atoms with Crippen molar-refractivity contribution < 1.29 is 9.84 Å². The Morgan fingerprint density at radius 2 is 2.25 bits per heavy atom. The van der Waals surface area contributed by atoms with Gasteiger partial charge in [-0.25, -0.2) is 0 Å². The summed E-state index contributed by atoms with van der Waals surface area (Å²) in [4.78, 5) is 0. The second kappa shape index (κ2) is 5.51. The van der Waals surface area contributed by atoms with Gasteiger partial charge in [-0.3, -0.25) is 0 Å². The predicted molar refractivity (Wildman–Crippen MR) is 48.1 cm³/mol. The van der Waals surface area contributed by atoms with Crippen molar-refractivity contribution in [2.45, 2.75) is 25.8 Å². The summed E-state index contributed by atoms with van der Waals surface area (Å²) in [6, 6.07) is 0.641. The lowest BCUT2D eigenvalue weighted by atomic mass is 10.2. The summed E-state index contributed by atoms with van der Waals surface area (Å²) < 4.78 is 5.12. The highest BCUT2D eigenvalue weighted by molar-refractivity contribution is 4.82. The van der Waals surface area contributed by atoms with Crippen LogP contribution in [0.3, 0.4) is 0 Å². The van der Waals surface area contributed by atoms with Crippen LogP contribution in [0.15, 0.2) is 0 Å². The van der Waals surface area contributed by atoms with E-state index in [0.29, 0.717) is 19.3 Å². The van der Waals surface area contributed by atoms with Crippen LogP contribution < -0.4 is 5.32 Å². The van der Waals surface area contributed by atoms with Crippen LogP contribution in [-0.4, -0.2) is 37.5 Å². The van der Waals surface area contributed by atoms with Crippen molar-refractivity contribution in [3.05, 3.63) is 0 Å². The molecule has 0 radical (unpaired) electrons. The Morgan fingerprint density at radius 3 is 2.83 bits per heavy atom. The zero-order valence-corrected chi connectivity index (χ0v) is 7.75. The lowest BCUT2D eigenvalue weighted by Gasteiger charge is -2.11. The van der Waals surface area contributed by atoms with Crippen molar-refractivity contribution in [1.29, 1.82) is 0 Å². The smallest absolute Gasteiger partial charge is 0.0698 e.